The minimum Gasteiger partial charge on any atom is -0.331 e. The molecule has 1 heteroatoms. The van der Waals surface area contributed by atoms with Gasteiger partial charge in [0.2, 0.25) is 0 Å². The summed E-state index contributed by atoms with van der Waals surface area (Å²) in [6.07, 6.45) is 18.7. The first-order chi connectivity index (χ1) is 31.7. The van der Waals surface area contributed by atoms with Gasteiger partial charge in [0.1, 0.15) is 0 Å². The lowest BCUT2D eigenvalue weighted by Crippen LogP contribution is -2.34. The Morgan fingerprint density at radius 2 is 0.953 bits per heavy atom. The second-order valence-electron chi connectivity index (χ2n) is 17.9. The maximum Gasteiger partial charge on any atom is 0.0707 e. The Labute approximate surface area is 374 Å². The number of allylic oxidation sites excluding steroid dienone is 6. The van der Waals surface area contributed by atoms with Gasteiger partial charge in [-0.3, -0.25) is 0 Å². The lowest BCUT2D eigenvalue weighted by Gasteiger charge is -2.36. The highest BCUT2D eigenvalue weighted by atomic mass is 15.3. The van der Waals surface area contributed by atoms with Crippen molar-refractivity contribution in [1.82, 2.24) is 0 Å². The third-order valence-electron chi connectivity index (χ3n) is 14.4. The molecule has 1 nitrogen and oxygen atoms in total. The summed E-state index contributed by atoms with van der Waals surface area (Å²) in [4.78, 5) is 2.66. The molecule has 3 aliphatic carbocycles. The number of anilines is 2. The smallest absolute Gasteiger partial charge is 0.0707 e. The molecule has 0 aromatic heterocycles. The Bertz CT molecular complexity index is 3500. The lowest BCUT2D eigenvalue weighted by atomic mass is 9.81. The van der Waals surface area contributed by atoms with E-state index < -0.39 is 0 Å². The number of hydrogen-bond donors (Lipinski definition) is 0. The Morgan fingerprint density at radius 3 is 1.53 bits per heavy atom. The molecule has 0 N–H and O–H groups in total. The fourth-order valence-electron chi connectivity index (χ4n) is 11.5. The fourth-order valence-corrected chi connectivity index (χ4v) is 11.5. The SMILES string of the molecule is C1=CCC(c2c3ccccc3c(C3=C[C@@H]4CC4(N(c4ccc(-c5c6ccccc6c(-c6ccccc6)c6ccccc56)cc4)c4cccc5ccccc45)C=C3)c3ccccc23)C=C1. The topological polar surface area (TPSA) is 3.24 Å². The van der Waals surface area contributed by atoms with Gasteiger partial charge in [0.15, 0.2) is 0 Å². The molecule has 3 aliphatic rings. The summed E-state index contributed by atoms with van der Waals surface area (Å²) in [5, 5.41) is 13.0. The number of rotatable bonds is 7. The van der Waals surface area contributed by atoms with Crippen LogP contribution in [0.2, 0.25) is 0 Å². The molecular formula is C63H45N. The molecule has 0 saturated heterocycles. The third kappa shape index (κ3) is 5.70. The van der Waals surface area contributed by atoms with E-state index in [1.54, 1.807) is 0 Å². The lowest BCUT2D eigenvalue weighted by molar-refractivity contribution is 0.756. The van der Waals surface area contributed by atoms with Crippen molar-refractivity contribution in [3.8, 4) is 22.3 Å². The summed E-state index contributed by atoms with van der Waals surface area (Å²) in [6, 6.07) is 72.1. The summed E-state index contributed by atoms with van der Waals surface area (Å²) >= 11 is 0. The average molecular weight is 816 g/mol. The highest BCUT2D eigenvalue weighted by Crippen LogP contribution is 2.59. The molecule has 0 bridgehead atoms. The Morgan fingerprint density at radius 1 is 0.438 bits per heavy atom. The molecule has 3 atom stereocenters. The molecule has 10 aromatic rings. The van der Waals surface area contributed by atoms with Crippen LogP contribution in [0.3, 0.4) is 0 Å². The first-order valence-corrected chi connectivity index (χ1v) is 22.8. The Balaban J connectivity index is 0.952. The molecule has 10 aromatic carbocycles. The Kier molecular flexibility index (Phi) is 8.46. The van der Waals surface area contributed by atoms with Gasteiger partial charge in [0.25, 0.3) is 0 Å². The zero-order valence-electron chi connectivity index (χ0n) is 35.5. The van der Waals surface area contributed by atoms with Gasteiger partial charge in [-0.1, -0.05) is 218 Å². The van der Waals surface area contributed by atoms with Crippen LogP contribution in [0.4, 0.5) is 11.4 Å². The van der Waals surface area contributed by atoms with Crippen LogP contribution in [0, 0.1) is 5.92 Å². The maximum absolute atomic E-state index is 2.66. The van der Waals surface area contributed by atoms with Crippen molar-refractivity contribution >= 4 is 70.8 Å². The summed E-state index contributed by atoms with van der Waals surface area (Å²) in [7, 11) is 0. The highest BCUT2D eigenvalue weighted by molar-refractivity contribution is 6.21. The maximum atomic E-state index is 2.66. The molecule has 0 heterocycles. The second-order valence-corrected chi connectivity index (χ2v) is 17.9. The van der Waals surface area contributed by atoms with Gasteiger partial charge in [-0.2, -0.15) is 0 Å². The van der Waals surface area contributed by atoms with Gasteiger partial charge in [-0.05, 0) is 118 Å². The van der Waals surface area contributed by atoms with Crippen LogP contribution < -0.4 is 4.90 Å². The monoisotopic (exact) mass is 815 g/mol. The van der Waals surface area contributed by atoms with E-state index in [9.17, 15) is 0 Å². The molecule has 64 heavy (non-hydrogen) atoms. The molecular weight excluding hydrogens is 771 g/mol. The van der Waals surface area contributed by atoms with Crippen LogP contribution in [0.25, 0.3) is 81.7 Å². The summed E-state index contributed by atoms with van der Waals surface area (Å²) in [6.45, 7) is 0. The molecule has 1 saturated carbocycles. The van der Waals surface area contributed by atoms with E-state index >= 15 is 0 Å². The average Bonchev–Trinajstić information content (AvgIpc) is 4.10. The first-order valence-electron chi connectivity index (χ1n) is 22.8. The number of nitrogens with zero attached hydrogens (tertiary/aromatic N) is 1. The van der Waals surface area contributed by atoms with Crippen molar-refractivity contribution < 1.29 is 0 Å². The van der Waals surface area contributed by atoms with Gasteiger partial charge >= 0.3 is 0 Å². The van der Waals surface area contributed by atoms with Crippen molar-refractivity contribution in [2.75, 3.05) is 4.90 Å². The molecule has 0 radical (unpaired) electrons. The highest BCUT2D eigenvalue weighted by Gasteiger charge is 2.57. The molecule has 0 amide bonds. The van der Waals surface area contributed by atoms with Crippen LogP contribution >= 0.6 is 0 Å². The molecule has 0 aliphatic heterocycles. The number of fused-ring (bicyclic) bond motifs is 6. The summed E-state index contributed by atoms with van der Waals surface area (Å²) in [5.41, 5.74) is 11.4. The largest absolute Gasteiger partial charge is 0.331 e. The minimum absolute atomic E-state index is 0.198. The van der Waals surface area contributed by atoms with E-state index in [1.165, 1.54) is 104 Å². The van der Waals surface area contributed by atoms with Crippen LogP contribution in [-0.2, 0) is 0 Å². The van der Waals surface area contributed by atoms with E-state index in [0.717, 1.165) is 12.8 Å². The molecule has 1 fully saturated rings. The quantitative estimate of drug-likeness (QED) is 0.145. The van der Waals surface area contributed by atoms with Crippen LogP contribution in [0.5, 0.6) is 0 Å². The van der Waals surface area contributed by atoms with Gasteiger partial charge in [-0.15, -0.1) is 0 Å². The fraction of sp³-hybridized carbons (Fsp3) is 0.0794. The molecule has 0 spiro atoms. The third-order valence-corrected chi connectivity index (χ3v) is 14.4. The summed E-state index contributed by atoms with van der Waals surface area (Å²) < 4.78 is 0. The summed E-state index contributed by atoms with van der Waals surface area (Å²) in [5.74, 6) is 0.695. The van der Waals surface area contributed by atoms with E-state index in [-0.39, 0.29) is 5.54 Å². The Hall–Kier alpha value is -7.74. The van der Waals surface area contributed by atoms with Crippen molar-refractivity contribution in [3.63, 3.8) is 0 Å². The first kappa shape index (κ1) is 36.9. The van der Waals surface area contributed by atoms with Gasteiger partial charge in [0, 0.05) is 28.6 Å². The second kappa shape index (κ2) is 14.7. The minimum atomic E-state index is -0.198. The van der Waals surface area contributed by atoms with Crippen molar-refractivity contribution in [2.24, 2.45) is 5.92 Å². The van der Waals surface area contributed by atoms with E-state index in [2.05, 4.69) is 242 Å². The van der Waals surface area contributed by atoms with E-state index in [1.807, 2.05) is 0 Å². The predicted molar refractivity (Wildman–Crippen MR) is 273 cm³/mol. The zero-order chi connectivity index (χ0) is 42.2. The van der Waals surface area contributed by atoms with E-state index in [4.69, 9.17) is 0 Å². The standard InChI is InChI=1S/C63H45N/c1-3-19-43(20-4-1)59-50-25-9-11-27-52(50)61(53-28-12-10-26-51(53)59)45-34-36-48(37-35-45)64(58-33-17-23-42-18-7-8-24-49(42)58)63-39-38-46(40-47(63)41-63)62-56-31-15-13-29-54(56)60(44-21-5-2-6-22-44)55-30-14-16-32-57(55)62/h1-21,23-40,44,47H,22,41H2/t44?,47-,63?/m1/s1. The normalized spacial score (nSPS) is 18.8. The number of hydrogen-bond acceptors (Lipinski definition) is 1. The van der Waals surface area contributed by atoms with Gasteiger partial charge in [0.05, 0.1) is 5.54 Å². The van der Waals surface area contributed by atoms with E-state index in [0.29, 0.717) is 11.8 Å². The van der Waals surface area contributed by atoms with Crippen molar-refractivity contribution in [3.05, 3.63) is 248 Å². The molecule has 13 rings (SSSR count). The predicted octanol–water partition coefficient (Wildman–Crippen LogP) is 16.9. The van der Waals surface area contributed by atoms with Gasteiger partial charge < -0.3 is 4.90 Å². The van der Waals surface area contributed by atoms with Crippen LogP contribution in [0.1, 0.15) is 29.9 Å². The molecule has 302 valence electrons. The zero-order valence-corrected chi connectivity index (χ0v) is 35.5. The van der Waals surface area contributed by atoms with Crippen LogP contribution in [0.15, 0.2) is 237 Å². The number of benzene rings is 10. The van der Waals surface area contributed by atoms with Crippen molar-refractivity contribution in [1.29, 1.82) is 0 Å². The van der Waals surface area contributed by atoms with Crippen molar-refractivity contribution in [2.45, 2.75) is 24.3 Å². The van der Waals surface area contributed by atoms with Crippen LogP contribution in [-0.4, -0.2) is 5.54 Å². The molecule has 2 unspecified atom stereocenters. The van der Waals surface area contributed by atoms with Gasteiger partial charge in [-0.25, -0.2) is 0 Å².